The molecule has 0 fully saturated rings. The van der Waals surface area contributed by atoms with Crippen LogP contribution in [0.1, 0.15) is 5.69 Å². The molecule has 0 aliphatic carbocycles. The Morgan fingerprint density at radius 3 is 2.50 bits per heavy atom. The van der Waals surface area contributed by atoms with Gasteiger partial charge in [-0.3, -0.25) is 14.6 Å². The molecule has 5 rings (SSSR count). The molecule has 5 aromatic rings. The van der Waals surface area contributed by atoms with Gasteiger partial charge in [-0.1, -0.05) is 0 Å². The first kappa shape index (κ1) is 19.8. The molecule has 0 aliphatic heterocycles. The second-order valence-corrected chi connectivity index (χ2v) is 7.24. The van der Waals surface area contributed by atoms with Crippen LogP contribution in [0.2, 0.25) is 0 Å². The van der Waals surface area contributed by atoms with Crippen molar-refractivity contribution in [2.45, 2.75) is 13.2 Å². The smallest absolute Gasteiger partial charge is 0.130 e. The van der Waals surface area contributed by atoms with Crippen molar-refractivity contribution in [3.8, 4) is 28.1 Å². The summed E-state index contributed by atoms with van der Waals surface area (Å²) in [5, 5.41) is 4.60. The summed E-state index contributed by atoms with van der Waals surface area (Å²) in [6, 6.07) is 19.2. The first-order chi connectivity index (χ1) is 15.8. The number of hydrogen-bond donors (Lipinski definition) is 0. The van der Waals surface area contributed by atoms with Gasteiger partial charge in [-0.2, -0.15) is 5.10 Å². The van der Waals surface area contributed by atoms with Gasteiger partial charge in [0.2, 0.25) is 0 Å². The van der Waals surface area contributed by atoms with Gasteiger partial charge < -0.3 is 4.74 Å². The van der Waals surface area contributed by atoms with E-state index in [1.54, 1.807) is 23.3 Å². The van der Waals surface area contributed by atoms with Gasteiger partial charge in [0.05, 0.1) is 23.3 Å². The van der Waals surface area contributed by atoms with E-state index in [9.17, 15) is 4.39 Å². The summed E-state index contributed by atoms with van der Waals surface area (Å²) >= 11 is 0. The van der Waals surface area contributed by atoms with Crippen LogP contribution in [0, 0.1) is 0 Å². The lowest BCUT2D eigenvalue weighted by molar-refractivity contribution is 0.302. The topological polar surface area (TPSA) is 65.7 Å². The zero-order valence-corrected chi connectivity index (χ0v) is 17.2. The van der Waals surface area contributed by atoms with E-state index in [0.29, 0.717) is 6.61 Å². The number of benzene rings is 1. The minimum Gasteiger partial charge on any atom is -0.487 e. The molecule has 0 bridgehead atoms. The Kier molecular flexibility index (Phi) is 5.53. The number of rotatable bonds is 7. The maximum absolute atomic E-state index is 12.9. The second kappa shape index (κ2) is 8.93. The van der Waals surface area contributed by atoms with Gasteiger partial charge in [-0.05, 0) is 66.2 Å². The third-order valence-electron chi connectivity index (χ3n) is 5.09. The number of halogens is 1. The van der Waals surface area contributed by atoms with Crippen LogP contribution >= 0.6 is 0 Å². The molecule has 0 atom stereocenters. The largest absolute Gasteiger partial charge is 0.487 e. The van der Waals surface area contributed by atoms with E-state index in [0.717, 1.165) is 44.9 Å². The molecule has 0 unspecified atom stereocenters. The number of fused-ring (bicyclic) bond motifs is 1. The third-order valence-corrected chi connectivity index (χ3v) is 5.09. The van der Waals surface area contributed by atoms with Gasteiger partial charge in [0.25, 0.3) is 0 Å². The molecule has 32 heavy (non-hydrogen) atoms. The molecular weight excluding hydrogens is 405 g/mol. The normalized spacial score (nSPS) is 11.0. The van der Waals surface area contributed by atoms with Gasteiger partial charge in [-0.25, -0.2) is 9.37 Å². The molecule has 0 amide bonds. The Bertz CT molecular complexity index is 1340. The predicted molar refractivity (Wildman–Crippen MR) is 121 cm³/mol. The Morgan fingerprint density at radius 1 is 0.844 bits per heavy atom. The van der Waals surface area contributed by atoms with Crippen molar-refractivity contribution in [3.63, 3.8) is 0 Å². The number of pyridine rings is 3. The Balaban J connectivity index is 1.36. The van der Waals surface area contributed by atoms with Crippen LogP contribution in [0.15, 0.2) is 85.5 Å². The number of alkyl halides is 1. The Morgan fingerprint density at radius 2 is 1.69 bits per heavy atom. The zero-order chi connectivity index (χ0) is 21.8. The number of ether oxygens (including phenoxy) is 1. The molecule has 6 nitrogen and oxygen atoms in total. The molecule has 0 spiro atoms. The lowest BCUT2D eigenvalue weighted by atomic mass is 10.0. The Hall–Kier alpha value is -4.13. The summed E-state index contributed by atoms with van der Waals surface area (Å²) in [7, 11) is 0. The average Bonchev–Trinajstić information content (AvgIpc) is 3.28. The highest BCUT2D eigenvalue weighted by molar-refractivity contribution is 5.80. The highest BCUT2D eigenvalue weighted by Crippen LogP contribution is 2.31. The van der Waals surface area contributed by atoms with Crippen molar-refractivity contribution in [1.29, 1.82) is 0 Å². The van der Waals surface area contributed by atoms with Crippen LogP contribution in [0.5, 0.6) is 5.75 Å². The predicted octanol–water partition coefficient (Wildman–Crippen LogP) is 5.10. The summed E-state index contributed by atoms with van der Waals surface area (Å²) in [6.07, 6.45) is 7.09. The summed E-state index contributed by atoms with van der Waals surface area (Å²) in [5.74, 6) is 0.732. The molecule has 0 aliphatic rings. The monoisotopic (exact) mass is 425 g/mol. The molecule has 7 heteroatoms. The Labute approximate surface area is 184 Å². The molecule has 4 aromatic heterocycles. The van der Waals surface area contributed by atoms with Crippen molar-refractivity contribution in [2.24, 2.45) is 0 Å². The van der Waals surface area contributed by atoms with Gasteiger partial charge in [0.15, 0.2) is 0 Å². The van der Waals surface area contributed by atoms with Crippen molar-refractivity contribution in [1.82, 2.24) is 24.7 Å². The quantitative estimate of drug-likeness (QED) is 0.363. The average molecular weight is 425 g/mol. The first-order valence-corrected chi connectivity index (χ1v) is 10.3. The fraction of sp³-hybridized carbons (Fsp3) is 0.120. The minimum absolute atomic E-state index is 0.216. The molecule has 0 radical (unpaired) electrons. The van der Waals surface area contributed by atoms with Crippen LogP contribution in [0.3, 0.4) is 0 Å². The fourth-order valence-corrected chi connectivity index (χ4v) is 3.52. The number of aromatic nitrogens is 5. The first-order valence-electron chi connectivity index (χ1n) is 10.3. The second-order valence-electron chi connectivity index (χ2n) is 7.24. The van der Waals surface area contributed by atoms with E-state index in [1.807, 2.05) is 66.9 Å². The maximum atomic E-state index is 12.9. The third kappa shape index (κ3) is 4.18. The van der Waals surface area contributed by atoms with E-state index < -0.39 is 6.67 Å². The van der Waals surface area contributed by atoms with Crippen LogP contribution in [0.25, 0.3) is 33.4 Å². The van der Waals surface area contributed by atoms with E-state index >= 15 is 0 Å². The maximum Gasteiger partial charge on any atom is 0.130 e. The molecule has 0 N–H and O–H groups in total. The van der Waals surface area contributed by atoms with Crippen molar-refractivity contribution >= 4 is 11.0 Å². The summed E-state index contributed by atoms with van der Waals surface area (Å²) < 4.78 is 20.5. The lowest BCUT2D eigenvalue weighted by Crippen LogP contribution is -2.00. The molecule has 0 saturated carbocycles. The van der Waals surface area contributed by atoms with Crippen molar-refractivity contribution < 1.29 is 9.13 Å². The van der Waals surface area contributed by atoms with E-state index in [1.165, 1.54) is 0 Å². The van der Waals surface area contributed by atoms with Crippen molar-refractivity contribution in [3.05, 3.63) is 91.1 Å². The van der Waals surface area contributed by atoms with E-state index in [4.69, 9.17) is 4.74 Å². The van der Waals surface area contributed by atoms with Crippen LogP contribution in [-0.4, -0.2) is 31.4 Å². The van der Waals surface area contributed by atoms with Gasteiger partial charge in [0.1, 0.15) is 24.7 Å². The van der Waals surface area contributed by atoms with Crippen molar-refractivity contribution in [2.75, 3.05) is 6.67 Å². The van der Waals surface area contributed by atoms with Gasteiger partial charge in [0, 0.05) is 35.9 Å². The lowest BCUT2D eigenvalue weighted by Gasteiger charge is -2.08. The summed E-state index contributed by atoms with van der Waals surface area (Å²) in [6.45, 7) is 0.105. The number of nitrogens with zero attached hydrogens (tertiary/aromatic N) is 5. The van der Waals surface area contributed by atoms with Gasteiger partial charge >= 0.3 is 0 Å². The SMILES string of the molecule is FCCn1cc(-c2ccncc2)c(-c2ccc(OCc3ccc4ncccc4n3)cc2)n1. The zero-order valence-electron chi connectivity index (χ0n) is 17.2. The van der Waals surface area contributed by atoms with Crippen LogP contribution in [0.4, 0.5) is 4.39 Å². The van der Waals surface area contributed by atoms with E-state index in [2.05, 4.69) is 20.1 Å². The highest BCUT2D eigenvalue weighted by Gasteiger charge is 2.13. The van der Waals surface area contributed by atoms with Crippen LogP contribution < -0.4 is 4.74 Å². The molecule has 158 valence electrons. The fourth-order valence-electron chi connectivity index (χ4n) is 3.52. The molecule has 1 aromatic carbocycles. The number of aryl methyl sites for hydroxylation is 1. The van der Waals surface area contributed by atoms with Crippen LogP contribution in [-0.2, 0) is 13.2 Å². The summed E-state index contributed by atoms with van der Waals surface area (Å²) in [4.78, 5) is 12.9. The molecular formula is C25H20FN5O. The van der Waals surface area contributed by atoms with E-state index in [-0.39, 0.29) is 6.54 Å². The highest BCUT2D eigenvalue weighted by atomic mass is 19.1. The van der Waals surface area contributed by atoms with Gasteiger partial charge in [-0.15, -0.1) is 0 Å². The number of hydrogen-bond acceptors (Lipinski definition) is 5. The standard InChI is InChI=1S/C25H20FN5O/c26-11-15-31-16-22(18-9-13-27-14-10-18)25(30-31)19-3-6-21(7-4-19)32-17-20-5-8-23-24(29-20)2-1-12-28-23/h1-10,12-14,16H,11,15,17H2. The molecule has 0 saturated heterocycles. The molecule has 4 heterocycles. The minimum atomic E-state index is -0.470. The summed E-state index contributed by atoms with van der Waals surface area (Å²) in [5.41, 5.74) is 6.17.